The molecule has 1 aromatic heterocycles. The van der Waals surface area contributed by atoms with E-state index in [0.717, 1.165) is 22.3 Å². The number of hydrogen-bond acceptors (Lipinski definition) is 2. The number of hydrogen-bond donors (Lipinski definition) is 1. The second-order valence-electron chi connectivity index (χ2n) is 6.22. The van der Waals surface area contributed by atoms with Crippen LogP contribution >= 0.6 is 0 Å². The number of H-pyrrole nitrogens is 1. The van der Waals surface area contributed by atoms with E-state index in [4.69, 9.17) is 0 Å². The number of pyridine rings is 1. The molecule has 4 rings (SSSR count). The molecule has 0 radical (unpaired) electrons. The van der Waals surface area contributed by atoms with Gasteiger partial charge in [-0.2, -0.15) is 5.26 Å². The Balaban J connectivity index is 1.80. The van der Waals surface area contributed by atoms with Crippen LogP contribution in [-0.4, -0.2) is 4.98 Å². The summed E-state index contributed by atoms with van der Waals surface area (Å²) in [5.74, 6) is 0. The Kier molecular flexibility index (Phi) is 4.38. The highest BCUT2D eigenvalue weighted by Crippen LogP contribution is 2.27. The minimum Gasteiger partial charge on any atom is -0.321 e. The molecule has 3 nitrogen and oxygen atoms in total. The number of nitriles is 1. The number of nitrogens with one attached hydrogen (secondary N) is 1. The molecule has 1 N–H and O–H groups in total. The predicted octanol–water partition coefficient (Wildman–Crippen LogP) is 5.25. The summed E-state index contributed by atoms with van der Waals surface area (Å²) >= 11 is 0. The molecule has 0 saturated carbocycles. The first-order chi connectivity index (χ1) is 13.3. The number of nitrogens with zero attached hydrogens (tertiary/aromatic N) is 1. The third kappa shape index (κ3) is 3.29. The van der Waals surface area contributed by atoms with Gasteiger partial charge in [0.1, 0.15) is 11.6 Å². The van der Waals surface area contributed by atoms with Crippen molar-refractivity contribution in [2.45, 2.75) is 0 Å². The molecule has 0 aliphatic carbocycles. The van der Waals surface area contributed by atoms with Crippen LogP contribution in [0.1, 0.15) is 5.56 Å². The number of aromatic nitrogens is 1. The van der Waals surface area contributed by atoms with Crippen molar-refractivity contribution < 1.29 is 0 Å². The summed E-state index contributed by atoms with van der Waals surface area (Å²) < 4.78 is 0. The molecule has 0 amide bonds. The second-order valence-corrected chi connectivity index (χ2v) is 6.22. The predicted molar refractivity (Wildman–Crippen MR) is 108 cm³/mol. The molecule has 0 unspecified atom stereocenters. The van der Waals surface area contributed by atoms with Crippen LogP contribution in [0.4, 0.5) is 0 Å². The Morgan fingerprint density at radius 1 is 0.667 bits per heavy atom. The van der Waals surface area contributed by atoms with Gasteiger partial charge in [0.2, 0.25) is 0 Å². The summed E-state index contributed by atoms with van der Waals surface area (Å²) in [4.78, 5) is 15.3. The van der Waals surface area contributed by atoms with Crippen LogP contribution in [0.2, 0.25) is 0 Å². The lowest BCUT2D eigenvalue weighted by atomic mass is 9.98. The Morgan fingerprint density at radius 2 is 1.19 bits per heavy atom. The highest BCUT2D eigenvalue weighted by Gasteiger charge is 2.12. The van der Waals surface area contributed by atoms with E-state index in [0.29, 0.717) is 11.3 Å². The minimum absolute atomic E-state index is 0.130. The van der Waals surface area contributed by atoms with Gasteiger partial charge >= 0.3 is 0 Å². The van der Waals surface area contributed by atoms with E-state index in [1.165, 1.54) is 0 Å². The van der Waals surface area contributed by atoms with E-state index < -0.39 is 0 Å². The van der Waals surface area contributed by atoms with Crippen molar-refractivity contribution in [1.29, 1.82) is 5.26 Å². The number of aromatic amines is 1. The normalized spacial score (nSPS) is 10.3. The lowest BCUT2D eigenvalue weighted by Gasteiger charge is -2.09. The van der Waals surface area contributed by atoms with Gasteiger partial charge in [-0.15, -0.1) is 0 Å². The van der Waals surface area contributed by atoms with Crippen molar-refractivity contribution in [1.82, 2.24) is 4.98 Å². The first kappa shape index (κ1) is 16.6. The van der Waals surface area contributed by atoms with Crippen LogP contribution in [0.25, 0.3) is 33.5 Å². The van der Waals surface area contributed by atoms with Crippen LogP contribution in [0, 0.1) is 11.3 Å². The lowest BCUT2D eigenvalue weighted by Crippen LogP contribution is -2.12. The fourth-order valence-electron chi connectivity index (χ4n) is 3.14. The first-order valence-electron chi connectivity index (χ1n) is 8.65. The van der Waals surface area contributed by atoms with Gasteiger partial charge in [0.05, 0.1) is 0 Å². The molecule has 1 heterocycles. The van der Waals surface area contributed by atoms with Crippen molar-refractivity contribution in [3.05, 3.63) is 107 Å². The zero-order chi connectivity index (χ0) is 18.6. The average Bonchev–Trinajstić information content (AvgIpc) is 2.74. The maximum atomic E-state index is 12.4. The zero-order valence-corrected chi connectivity index (χ0v) is 14.5. The highest BCUT2D eigenvalue weighted by atomic mass is 16.1. The SMILES string of the molecule is N#Cc1c(-c2ccccc2)cc(-c2ccc(-c3ccccc3)cc2)[nH]c1=O. The van der Waals surface area contributed by atoms with Gasteiger partial charge in [-0.05, 0) is 28.3 Å². The van der Waals surface area contributed by atoms with Crippen LogP contribution in [0.3, 0.4) is 0 Å². The molecule has 0 spiro atoms. The van der Waals surface area contributed by atoms with Crippen molar-refractivity contribution >= 4 is 0 Å². The maximum Gasteiger partial charge on any atom is 0.266 e. The molecular weight excluding hydrogens is 332 g/mol. The van der Waals surface area contributed by atoms with Gasteiger partial charge in [-0.1, -0.05) is 84.9 Å². The summed E-state index contributed by atoms with van der Waals surface area (Å²) in [6, 6.07) is 31.5. The van der Waals surface area contributed by atoms with Gasteiger partial charge in [-0.3, -0.25) is 4.79 Å². The molecule has 0 atom stereocenters. The van der Waals surface area contributed by atoms with Crippen molar-refractivity contribution in [2.75, 3.05) is 0 Å². The topological polar surface area (TPSA) is 56.6 Å². The van der Waals surface area contributed by atoms with Crippen molar-refractivity contribution in [2.24, 2.45) is 0 Å². The largest absolute Gasteiger partial charge is 0.321 e. The fraction of sp³-hybridized carbons (Fsp3) is 0. The molecule has 4 aromatic rings. The monoisotopic (exact) mass is 348 g/mol. The van der Waals surface area contributed by atoms with Gasteiger partial charge in [0, 0.05) is 11.3 Å². The zero-order valence-electron chi connectivity index (χ0n) is 14.5. The minimum atomic E-state index is -0.374. The standard InChI is InChI=1S/C24H16N2O/c25-16-22-21(19-9-5-2-6-10-19)15-23(26-24(22)27)20-13-11-18(12-14-20)17-7-3-1-4-8-17/h1-15H,(H,26,27). The second kappa shape index (κ2) is 7.15. The van der Waals surface area contributed by atoms with E-state index >= 15 is 0 Å². The molecule has 0 saturated heterocycles. The Labute approximate surface area is 157 Å². The van der Waals surface area contributed by atoms with Gasteiger partial charge in [0.15, 0.2) is 0 Å². The van der Waals surface area contributed by atoms with Crippen LogP contribution < -0.4 is 5.56 Å². The Morgan fingerprint density at radius 3 is 1.78 bits per heavy atom. The Hall–Kier alpha value is -3.90. The number of rotatable bonds is 3. The molecule has 0 bridgehead atoms. The smallest absolute Gasteiger partial charge is 0.266 e. The number of benzene rings is 3. The van der Waals surface area contributed by atoms with Gasteiger partial charge < -0.3 is 4.98 Å². The molecule has 3 heteroatoms. The quantitative estimate of drug-likeness (QED) is 0.550. The van der Waals surface area contributed by atoms with E-state index in [1.807, 2.05) is 84.9 Å². The van der Waals surface area contributed by atoms with Crippen LogP contribution in [0.15, 0.2) is 95.8 Å². The fourth-order valence-corrected chi connectivity index (χ4v) is 3.14. The lowest BCUT2D eigenvalue weighted by molar-refractivity contribution is 1.22. The van der Waals surface area contributed by atoms with Crippen molar-refractivity contribution in [3.8, 4) is 39.6 Å². The van der Waals surface area contributed by atoms with E-state index in [1.54, 1.807) is 0 Å². The summed E-state index contributed by atoms with van der Waals surface area (Å²) in [5, 5.41) is 9.41. The van der Waals surface area contributed by atoms with Gasteiger partial charge in [0.25, 0.3) is 5.56 Å². The highest BCUT2D eigenvalue weighted by molar-refractivity contribution is 5.76. The molecule has 3 aromatic carbocycles. The Bertz CT molecular complexity index is 1170. The average molecular weight is 348 g/mol. The first-order valence-corrected chi connectivity index (χ1v) is 8.65. The summed E-state index contributed by atoms with van der Waals surface area (Å²) in [6.45, 7) is 0. The molecular formula is C24H16N2O. The third-order valence-corrected chi connectivity index (χ3v) is 4.53. The maximum absolute atomic E-state index is 12.4. The molecule has 0 fully saturated rings. The molecule has 0 aliphatic rings. The molecule has 27 heavy (non-hydrogen) atoms. The van der Waals surface area contributed by atoms with E-state index in [9.17, 15) is 10.1 Å². The molecule has 0 aliphatic heterocycles. The van der Waals surface area contributed by atoms with Crippen LogP contribution in [-0.2, 0) is 0 Å². The van der Waals surface area contributed by atoms with E-state index in [2.05, 4.69) is 17.1 Å². The molecule has 128 valence electrons. The van der Waals surface area contributed by atoms with E-state index in [-0.39, 0.29) is 11.1 Å². The van der Waals surface area contributed by atoms with Gasteiger partial charge in [-0.25, -0.2) is 0 Å². The summed E-state index contributed by atoms with van der Waals surface area (Å²) in [6.07, 6.45) is 0. The summed E-state index contributed by atoms with van der Waals surface area (Å²) in [5.41, 5.74) is 5.09. The third-order valence-electron chi connectivity index (χ3n) is 4.53. The van der Waals surface area contributed by atoms with Crippen LogP contribution in [0.5, 0.6) is 0 Å². The summed E-state index contributed by atoms with van der Waals surface area (Å²) in [7, 11) is 0. The van der Waals surface area contributed by atoms with Crippen molar-refractivity contribution in [3.63, 3.8) is 0 Å².